The molecule has 0 aliphatic carbocycles. The van der Waals surface area contributed by atoms with Crippen molar-refractivity contribution in [1.29, 1.82) is 0 Å². The molecule has 2 aromatic rings. The van der Waals surface area contributed by atoms with Crippen LogP contribution in [0.25, 0.3) is 0 Å². The summed E-state index contributed by atoms with van der Waals surface area (Å²) in [6, 6.07) is 11.2. The van der Waals surface area contributed by atoms with Gasteiger partial charge in [0.1, 0.15) is 11.6 Å². The van der Waals surface area contributed by atoms with Gasteiger partial charge in [0.2, 0.25) is 0 Å². The molecule has 0 aromatic heterocycles. The summed E-state index contributed by atoms with van der Waals surface area (Å²) in [6.45, 7) is 1.90. The second-order valence-corrected chi connectivity index (χ2v) is 4.46. The summed E-state index contributed by atoms with van der Waals surface area (Å²) in [6.07, 6.45) is 0. The van der Waals surface area contributed by atoms with Gasteiger partial charge in [0.15, 0.2) is 0 Å². The number of phenols is 1. The summed E-state index contributed by atoms with van der Waals surface area (Å²) in [5, 5.41) is 12.6. The molecular formula is C14H13ClFNO. The van der Waals surface area contributed by atoms with Gasteiger partial charge in [-0.3, -0.25) is 0 Å². The SMILES string of the molecule is CC(Nc1c(F)cccc1Cl)c1ccc(O)cc1. The number of rotatable bonds is 3. The van der Waals surface area contributed by atoms with E-state index < -0.39 is 0 Å². The van der Waals surface area contributed by atoms with Crippen molar-refractivity contribution in [2.75, 3.05) is 5.32 Å². The first-order valence-corrected chi connectivity index (χ1v) is 5.95. The molecule has 0 aliphatic rings. The minimum absolute atomic E-state index is 0.111. The van der Waals surface area contributed by atoms with Gasteiger partial charge >= 0.3 is 0 Å². The van der Waals surface area contributed by atoms with Crippen molar-refractivity contribution in [2.24, 2.45) is 0 Å². The Morgan fingerprint density at radius 2 is 1.83 bits per heavy atom. The van der Waals surface area contributed by atoms with E-state index in [1.54, 1.807) is 36.4 Å². The molecule has 0 saturated heterocycles. The lowest BCUT2D eigenvalue weighted by atomic mass is 10.1. The van der Waals surface area contributed by atoms with Crippen molar-refractivity contribution in [1.82, 2.24) is 0 Å². The zero-order chi connectivity index (χ0) is 13.1. The van der Waals surface area contributed by atoms with Gasteiger partial charge in [-0.2, -0.15) is 0 Å². The van der Waals surface area contributed by atoms with Crippen molar-refractivity contribution >= 4 is 17.3 Å². The average Bonchev–Trinajstić information content (AvgIpc) is 2.34. The van der Waals surface area contributed by atoms with Gasteiger partial charge in [-0.1, -0.05) is 29.8 Å². The predicted molar refractivity (Wildman–Crippen MR) is 71.6 cm³/mol. The van der Waals surface area contributed by atoms with Crippen LogP contribution in [0.4, 0.5) is 10.1 Å². The van der Waals surface area contributed by atoms with Crippen molar-refractivity contribution in [2.45, 2.75) is 13.0 Å². The van der Waals surface area contributed by atoms with Crippen LogP contribution in [0.2, 0.25) is 5.02 Å². The monoisotopic (exact) mass is 265 g/mol. The molecule has 0 heterocycles. The molecule has 94 valence electrons. The fourth-order valence-electron chi connectivity index (χ4n) is 1.70. The van der Waals surface area contributed by atoms with Crippen molar-refractivity contribution in [3.05, 3.63) is 58.9 Å². The molecule has 0 spiro atoms. The molecule has 4 heteroatoms. The number of hydrogen-bond donors (Lipinski definition) is 2. The molecule has 0 bridgehead atoms. The summed E-state index contributed by atoms with van der Waals surface area (Å²) >= 11 is 5.94. The highest BCUT2D eigenvalue weighted by Gasteiger charge is 2.11. The Morgan fingerprint density at radius 1 is 1.17 bits per heavy atom. The Morgan fingerprint density at radius 3 is 2.44 bits per heavy atom. The van der Waals surface area contributed by atoms with Crippen molar-refractivity contribution in [3.8, 4) is 5.75 Å². The second-order valence-electron chi connectivity index (χ2n) is 4.05. The third-order valence-electron chi connectivity index (χ3n) is 2.72. The first-order chi connectivity index (χ1) is 8.58. The minimum Gasteiger partial charge on any atom is -0.508 e. The fraction of sp³-hybridized carbons (Fsp3) is 0.143. The normalized spacial score (nSPS) is 12.2. The lowest BCUT2D eigenvalue weighted by Crippen LogP contribution is -2.08. The number of anilines is 1. The highest BCUT2D eigenvalue weighted by Crippen LogP contribution is 2.29. The van der Waals surface area contributed by atoms with E-state index in [-0.39, 0.29) is 17.6 Å². The summed E-state index contributed by atoms with van der Waals surface area (Å²) in [5.41, 5.74) is 1.23. The van der Waals surface area contributed by atoms with E-state index in [1.165, 1.54) is 6.07 Å². The molecule has 0 radical (unpaired) electrons. The summed E-state index contributed by atoms with van der Waals surface area (Å²) < 4.78 is 13.6. The molecule has 2 rings (SSSR count). The number of halogens is 2. The molecule has 0 fully saturated rings. The Labute approximate surface area is 110 Å². The lowest BCUT2D eigenvalue weighted by Gasteiger charge is -2.17. The largest absolute Gasteiger partial charge is 0.508 e. The Balaban J connectivity index is 2.21. The lowest BCUT2D eigenvalue weighted by molar-refractivity contribution is 0.475. The third kappa shape index (κ3) is 2.74. The first-order valence-electron chi connectivity index (χ1n) is 5.57. The maximum Gasteiger partial charge on any atom is 0.147 e. The molecule has 0 aliphatic heterocycles. The molecular weight excluding hydrogens is 253 g/mol. The number of benzene rings is 2. The van der Waals surface area contributed by atoms with Crippen LogP contribution in [0.3, 0.4) is 0 Å². The van der Waals surface area contributed by atoms with Crippen LogP contribution in [0.5, 0.6) is 5.75 Å². The van der Waals surface area contributed by atoms with Gasteiger partial charge < -0.3 is 10.4 Å². The zero-order valence-corrected chi connectivity index (χ0v) is 10.6. The quantitative estimate of drug-likeness (QED) is 0.864. The predicted octanol–water partition coefficient (Wildman–Crippen LogP) is 4.36. The maximum absolute atomic E-state index is 13.6. The van der Waals surface area contributed by atoms with E-state index in [9.17, 15) is 9.50 Å². The van der Waals surface area contributed by atoms with Gasteiger partial charge in [-0.15, -0.1) is 0 Å². The Bertz CT molecular complexity index is 522. The molecule has 0 amide bonds. The van der Waals surface area contributed by atoms with Gasteiger partial charge in [-0.25, -0.2) is 4.39 Å². The van der Waals surface area contributed by atoms with Crippen molar-refractivity contribution in [3.63, 3.8) is 0 Å². The van der Waals surface area contributed by atoms with Crippen LogP contribution in [0.15, 0.2) is 42.5 Å². The standard InChI is InChI=1S/C14H13ClFNO/c1-9(10-5-7-11(18)8-6-10)17-14-12(15)3-2-4-13(14)16/h2-9,17-18H,1H3. The maximum atomic E-state index is 13.6. The van der Waals surface area contributed by atoms with E-state index in [0.29, 0.717) is 10.7 Å². The fourth-order valence-corrected chi connectivity index (χ4v) is 1.92. The van der Waals surface area contributed by atoms with E-state index in [1.807, 2.05) is 6.92 Å². The van der Waals surface area contributed by atoms with Gasteiger partial charge in [0.25, 0.3) is 0 Å². The molecule has 0 saturated carbocycles. The highest BCUT2D eigenvalue weighted by molar-refractivity contribution is 6.33. The zero-order valence-electron chi connectivity index (χ0n) is 9.82. The molecule has 1 atom stereocenters. The summed E-state index contributed by atoms with van der Waals surface area (Å²) in [4.78, 5) is 0. The topological polar surface area (TPSA) is 32.3 Å². The van der Waals surface area contributed by atoms with Crippen LogP contribution in [-0.4, -0.2) is 5.11 Å². The van der Waals surface area contributed by atoms with Crippen LogP contribution in [0.1, 0.15) is 18.5 Å². The minimum atomic E-state index is -0.381. The van der Waals surface area contributed by atoms with Crippen LogP contribution >= 0.6 is 11.6 Å². The summed E-state index contributed by atoms with van der Waals surface area (Å²) in [7, 11) is 0. The van der Waals surface area contributed by atoms with Gasteiger partial charge in [0, 0.05) is 6.04 Å². The number of nitrogens with one attached hydrogen (secondary N) is 1. The number of phenolic OH excluding ortho intramolecular Hbond substituents is 1. The molecule has 2 N–H and O–H groups in total. The first kappa shape index (κ1) is 12.7. The third-order valence-corrected chi connectivity index (χ3v) is 3.03. The molecule has 2 aromatic carbocycles. The number of para-hydroxylation sites is 1. The van der Waals surface area contributed by atoms with E-state index in [2.05, 4.69) is 5.32 Å². The van der Waals surface area contributed by atoms with Crippen molar-refractivity contribution < 1.29 is 9.50 Å². The van der Waals surface area contributed by atoms with Gasteiger partial charge in [0.05, 0.1) is 10.7 Å². The van der Waals surface area contributed by atoms with Crippen LogP contribution in [-0.2, 0) is 0 Å². The molecule has 2 nitrogen and oxygen atoms in total. The second kappa shape index (κ2) is 5.27. The highest BCUT2D eigenvalue weighted by atomic mass is 35.5. The molecule has 18 heavy (non-hydrogen) atoms. The van der Waals surface area contributed by atoms with E-state index in [4.69, 9.17) is 11.6 Å². The number of hydrogen-bond acceptors (Lipinski definition) is 2. The Kier molecular flexibility index (Phi) is 3.72. The van der Waals surface area contributed by atoms with Gasteiger partial charge in [-0.05, 0) is 36.8 Å². The smallest absolute Gasteiger partial charge is 0.147 e. The van der Waals surface area contributed by atoms with Crippen LogP contribution < -0.4 is 5.32 Å². The van der Waals surface area contributed by atoms with Crippen LogP contribution in [0, 0.1) is 5.82 Å². The number of aromatic hydroxyl groups is 1. The Hall–Kier alpha value is -1.74. The average molecular weight is 266 g/mol. The molecule has 1 unspecified atom stereocenters. The summed E-state index contributed by atoms with van der Waals surface area (Å²) in [5.74, 6) is -0.178. The van der Waals surface area contributed by atoms with E-state index >= 15 is 0 Å². The van der Waals surface area contributed by atoms with E-state index in [0.717, 1.165) is 5.56 Å².